The zero-order chi connectivity index (χ0) is 15.2. The first-order valence-electron chi connectivity index (χ1n) is 6.69. The van der Waals surface area contributed by atoms with Crippen LogP contribution in [0.4, 0.5) is 4.79 Å². The number of carbonyl (C=O) groups is 1. The number of aliphatic hydroxyl groups excluding tert-OH is 1. The van der Waals surface area contributed by atoms with Crippen molar-refractivity contribution >= 4 is 6.03 Å². The molecular formula is C14H19N5O2. The Balaban J connectivity index is 2.06. The molecule has 7 nitrogen and oxygen atoms in total. The van der Waals surface area contributed by atoms with Crippen LogP contribution in [0.2, 0.25) is 0 Å². The number of likely N-dealkylation sites (N-methyl/N-ethyl adjacent to an activating group) is 1. The molecule has 0 bridgehead atoms. The molecule has 7 heteroatoms. The van der Waals surface area contributed by atoms with Crippen molar-refractivity contribution in [1.29, 1.82) is 0 Å². The highest BCUT2D eigenvalue weighted by atomic mass is 16.3. The molecule has 0 saturated heterocycles. The summed E-state index contributed by atoms with van der Waals surface area (Å²) in [6, 6.07) is 5.04. The molecule has 0 spiro atoms. The van der Waals surface area contributed by atoms with Gasteiger partial charge in [0, 0.05) is 37.7 Å². The molecule has 2 heterocycles. The number of carbonyl (C=O) groups excluding carboxylic acids is 1. The summed E-state index contributed by atoms with van der Waals surface area (Å²) in [7, 11) is 1.65. The third kappa shape index (κ3) is 3.57. The van der Waals surface area contributed by atoms with E-state index < -0.39 is 0 Å². The van der Waals surface area contributed by atoms with Crippen molar-refractivity contribution < 1.29 is 9.90 Å². The summed E-state index contributed by atoms with van der Waals surface area (Å²) in [6.07, 6.45) is 5.16. The molecule has 2 rings (SSSR count). The van der Waals surface area contributed by atoms with E-state index in [1.54, 1.807) is 37.2 Å². The number of pyridine rings is 1. The molecule has 1 atom stereocenters. The predicted octanol–water partition coefficient (Wildman–Crippen LogP) is 0.789. The molecule has 2 amide bonds. The van der Waals surface area contributed by atoms with Gasteiger partial charge in [0.25, 0.3) is 0 Å². The van der Waals surface area contributed by atoms with Crippen molar-refractivity contribution in [1.82, 2.24) is 25.0 Å². The Morgan fingerprint density at radius 1 is 1.48 bits per heavy atom. The molecule has 112 valence electrons. The van der Waals surface area contributed by atoms with E-state index in [2.05, 4.69) is 15.4 Å². The fourth-order valence-electron chi connectivity index (χ4n) is 1.79. The van der Waals surface area contributed by atoms with Crippen LogP contribution < -0.4 is 5.32 Å². The van der Waals surface area contributed by atoms with Gasteiger partial charge in [-0.2, -0.15) is 5.10 Å². The van der Waals surface area contributed by atoms with E-state index in [1.807, 2.05) is 18.2 Å². The van der Waals surface area contributed by atoms with E-state index in [0.29, 0.717) is 12.4 Å². The van der Waals surface area contributed by atoms with E-state index in [4.69, 9.17) is 5.11 Å². The second kappa shape index (κ2) is 6.85. The molecule has 2 N–H and O–H groups in total. The smallest absolute Gasteiger partial charge is 0.317 e. The van der Waals surface area contributed by atoms with E-state index in [-0.39, 0.29) is 18.7 Å². The first-order valence-corrected chi connectivity index (χ1v) is 6.69. The average Bonchev–Trinajstić information content (AvgIpc) is 3.05. The molecule has 0 aliphatic carbocycles. The largest absolute Gasteiger partial charge is 0.394 e. The van der Waals surface area contributed by atoms with Crippen LogP contribution in [-0.2, 0) is 6.54 Å². The zero-order valence-corrected chi connectivity index (χ0v) is 12.1. The number of rotatable bonds is 5. The Kier molecular flexibility index (Phi) is 4.89. The summed E-state index contributed by atoms with van der Waals surface area (Å²) >= 11 is 0. The summed E-state index contributed by atoms with van der Waals surface area (Å²) in [5, 5.41) is 16.0. The van der Waals surface area contributed by atoms with Crippen LogP contribution >= 0.6 is 0 Å². The quantitative estimate of drug-likeness (QED) is 0.852. The molecular weight excluding hydrogens is 270 g/mol. The Morgan fingerprint density at radius 3 is 2.95 bits per heavy atom. The van der Waals surface area contributed by atoms with Crippen LogP contribution in [-0.4, -0.2) is 50.5 Å². The summed E-state index contributed by atoms with van der Waals surface area (Å²) in [4.78, 5) is 17.7. The minimum Gasteiger partial charge on any atom is -0.394 e. The SMILES string of the molecule is CC(CO)N(C)C(=O)NCc1cccnc1-n1cccn1. The highest BCUT2D eigenvalue weighted by Gasteiger charge is 2.15. The maximum atomic E-state index is 12.0. The van der Waals surface area contributed by atoms with Crippen molar-refractivity contribution in [3.8, 4) is 5.82 Å². The van der Waals surface area contributed by atoms with Crippen LogP contribution in [0.25, 0.3) is 5.82 Å². The highest BCUT2D eigenvalue weighted by Crippen LogP contribution is 2.10. The number of amides is 2. The van der Waals surface area contributed by atoms with Crippen LogP contribution in [0.5, 0.6) is 0 Å². The molecule has 2 aromatic heterocycles. The summed E-state index contributed by atoms with van der Waals surface area (Å²) < 4.78 is 1.65. The van der Waals surface area contributed by atoms with Crippen LogP contribution in [0.1, 0.15) is 12.5 Å². The Bertz CT molecular complexity index is 585. The van der Waals surface area contributed by atoms with Crippen molar-refractivity contribution in [3.63, 3.8) is 0 Å². The average molecular weight is 289 g/mol. The molecule has 0 aliphatic rings. The van der Waals surface area contributed by atoms with Crippen LogP contribution in [0.3, 0.4) is 0 Å². The van der Waals surface area contributed by atoms with Crippen molar-refractivity contribution in [2.24, 2.45) is 0 Å². The topological polar surface area (TPSA) is 83.3 Å². The summed E-state index contributed by atoms with van der Waals surface area (Å²) in [5.74, 6) is 0.681. The second-order valence-electron chi connectivity index (χ2n) is 4.74. The summed E-state index contributed by atoms with van der Waals surface area (Å²) in [5.41, 5.74) is 0.861. The first kappa shape index (κ1) is 15.0. The van der Waals surface area contributed by atoms with Gasteiger partial charge in [-0.25, -0.2) is 14.5 Å². The monoisotopic (exact) mass is 289 g/mol. The maximum Gasteiger partial charge on any atom is 0.317 e. The van der Waals surface area contributed by atoms with Crippen molar-refractivity contribution in [2.45, 2.75) is 19.5 Å². The van der Waals surface area contributed by atoms with Gasteiger partial charge in [-0.15, -0.1) is 0 Å². The van der Waals surface area contributed by atoms with E-state index >= 15 is 0 Å². The minimum absolute atomic E-state index is 0.0741. The number of nitrogens with zero attached hydrogens (tertiary/aromatic N) is 4. The highest BCUT2D eigenvalue weighted by molar-refractivity contribution is 5.74. The summed E-state index contributed by atoms with van der Waals surface area (Å²) in [6.45, 7) is 2.04. The Hall–Kier alpha value is -2.41. The van der Waals surface area contributed by atoms with Gasteiger partial charge in [0.15, 0.2) is 5.82 Å². The molecule has 0 saturated carbocycles. The Labute approximate surface area is 123 Å². The molecule has 0 radical (unpaired) electrons. The number of urea groups is 1. The predicted molar refractivity (Wildman–Crippen MR) is 77.9 cm³/mol. The lowest BCUT2D eigenvalue weighted by atomic mass is 10.2. The molecule has 0 aliphatic heterocycles. The van der Waals surface area contributed by atoms with Gasteiger partial charge in [-0.1, -0.05) is 6.07 Å². The first-order chi connectivity index (χ1) is 10.1. The maximum absolute atomic E-state index is 12.0. The van der Waals surface area contributed by atoms with E-state index in [9.17, 15) is 4.79 Å². The number of hydrogen-bond acceptors (Lipinski definition) is 4. The zero-order valence-electron chi connectivity index (χ0n) is 12.1. The minimum atomic E-state index is -0.244. The Morgan fingerprint density at radius 2 is 2.29 bits per heavy atom. The van der Waals surface area contributed by atoms with Gasteiger partial charge >= 0.3 is 6.03 Å². The van der Waals surface area contributed by atoms with Gasteiger partial charge in [0.1, 0.15) is 0 Å². The molecule has 1 unspecified atom stereocenters. The van der Waals surface area contributed by atoms with E-state index in [1.165, 1.54) is 4.90 Å². The number of nitrogens with one attached hydrogen (secondary N) is 1. The fourth-order valence-corrected chi connectivity index (χ4v) is 1.79. The lowest BCUT2D eigenvalue weighted by Crippen LogP contribution is -2.43. The third-order valence-corrected chi connectivity index (χ3v) is 3.26. The van der Waals surface area contributed by atoms with Crippen molar-refractivity contribution in [3.05, 3.63) is 42.4 Å². The van der Waals surface area contributed by atoms with Gasteiger partial charge in [-0.3, -0.25) is 0 Å². The van der Waals surface area contributed by atoms with Gasteiger partial charge < -0.3 is 15.3 Å². The fraction of sp³-hybridized carbons (Fsp3) is 0.357. The molecule has 2 aromatic rings. The van der Waals surface area contributed by atoms with E-state index in [0.717, 1.165) is 5.56 Å². The molecule has 0 fully saturated rings. The standard InChI is InChI=1S/C14H19N5O2/c1-11(10-20)18(2)14(21)16-9-12-5-3-6-15-13(12)19-8-4-7-17-19/h3-8,11,20H,9-10H2,1-2H3,(H,16,21). The van der Waals surface area contributed by atoms with Crippen LogP contribution in [0.15, 0.2) is 36.8 Å². The lowest BCUT2D eigenvalue weighted by Gasteiger charge is -2.23. The number of hydrogen-bond donors (Lipinski definition) is 2. The molecule has 0 aromatic carbocycles. The van der Waals surface area contributed by atoms with Crippen LogP contribution in [0, 0.1) is 0 Å². The third-order valence-electron chi connectivity index (χ3n) is 3.26. The molecule has 21 heavy (non-hydrogen) atoms. The van der Waals surface area contributed by atoms with Gasteiger partial charge in [-0.05, 0) is 19.1 Å². The van der Waals surface area contributed by atoms with Gasteiger partial charge in [0.05, 0.1) is 12.6 Å². The normalized spacial score (nSPS) is 12.0. The lowest BCUT2D eigenvalue weighted by molar-refractivity contribution is 0.157. The van der Waals surface area contributed by atoms with Crippen molar-refractivity contribution in [2.75, 3.05) is 13.7 Å². The second-order valence-corrected chi connectivity index (χ2v) is 4.74. The van der Waals surface area contributed by atoms with Gasteiger partial charge in [0.2, 0.25) is 0 Å². The number of aliphatic hydroxyl groups is 1. The number of aromatic nitrogens is 3.